The molecule has 8 nitrogen and oxygen atoms in total. The number of hydrogen-bond acceptors (Lipinski definition) is 5. The quantitative estimate of drug-likeness (QED) is 0.688. The van der Waals surface area contributed by atoms with Gasteiger partial charge in [-0.15, -0.1) is 0 Å². The number of anilines is 1. The lowest BCUT2D eigenvalue weighted by atomic mass is 9.97. The Labute approximate surface area is 164 Å². The number of esters is 1. The van der Waals surface area contributed by atoms with Crippen LogP contribution in [0.1, 0.15) is 19.8 Å². The van der Waals surface area contributed by atoms with E-state index >= 15 is 0 Å². The maximum atomic E-state index is 12.2. The summed E-state index contributed by atoms with van der Waals surface area (Å²) >= 11 is 5.82. The highest BCUT2D eigenvalue weighted by Crippen LogP contribution is 2.29. The fraction of sp³-hybridized carbons (Fsp3) is 0.471. The van der Waals surface area contributed by atoms with Gasteiger partial charge in [0.15, 0.2) is 6.10 Å². The van der Waals surface area contributed by atoms with Crippen LogP contribution in [0.2, 0.25) is 5.02 Å². The van der Waals surface area contributed by atoms with Crippen LogP contribution in [-0.2, 0) is 14.3 Å². The van der Waals surface area contributed by atoms with E-state index in [1.165, 1.54) is 30.0 Å². The fourth-order valence-electron chi connectivity index (χ4n) is 2.67. The molecule has 154 valence electrons. The van der Waals surface area contributed by atoms with Crippen molar-refractivity contribution in [1.82, 2.24) is 4.90 Å². The van der Waals surface area contributed by atoms with Crippen molar-refractivity contribution in [2.45, 2.75) is 32.5 Å². The minimum atomic E-state index is -3.02. The Balaban J connectivity index is 1.86. The molecule has 1 heterocycles. The van der Waals surface area contributed by atoms with Crippen molar-refractivity contribution in [3.63, 3.8) is 0 Å². The van der Waals surface area contributed by atoms with Gasteiger partial charge in [0.05, 0.1) is 10.9 Å². The first-order chi connectivity index (χ1) is 13.2. The molecule has 11 heteroatoms. The third-order valence-electron chi connectivity index (χ3n) is 4.22. The second kappa shape index (κ2) is 9.54. The Bertz CT molecular complexity index is 742. The lowest BCUT2D eigenvalue weighted by Gasteiger charge is -2.30. The molecule has 3 N–H and O–H groups in total. The van der Waals surface area contributed by atoms with Crippen molar-refractivity contribution in [1.29, 1.82) is 0 Å². The molecule has 2 rings (SSSR count). The number of halogens is 3. The standard InChI is InChI=1S/C17H20ClF2N3O5/c1-9(27-15(25)10-4-6-23(7-5-10)17(21)26)14(24)22-11-2-3-13(12(18)8-11)28-16(19)20/h2-3,8-10,16H,4-7H2,1H3,(H2,21,26)(H,22,24). The van der Waals surface area contributed by atoms with E-state index < -0.39 is 36.5 Å². The third-order valence-corrected chi connectivity index (χ3v) is 4.51. The lowest BCUT2D eigenvalue weighted by molar-refractivity contribution is -0.158. The molecule has 1 unspecified atom stereocenters. The normalized spacial score (nSPS) is 15.8. The highest BCUT2D eigenvalue weighted by atomic mass is 35.5. The number of nitrogens with zero attached hydrogens (tertiary/aromatic N) is 1. The highest BCUT2D eigenvalue weighted by Gasteiger charge is 2.29. The van der Waals surface area contributed by atoms with Crippen LogP contribution >= 0.6 is 11.6 Å². The van der Waals surface area contributed by atoms with Crippen molar-refractivity contribution >= 4 is 35.2 Å². The smallest absolute Gasteiger partial charge is 0.387 e. The molecule has 0 bridgehead atoms. The molecule has 1 aliphatic heterocycles. The number of nitrogens with one attached hydrogen (secondary N) is 1. The number of carbonyl (C=O) groups excluding carboxylic acids is 3. The molecule has 28 heavy (non-hydrogen) atoms. The van der Waals surface area contributed by atoms with Crippen molar-refractivity contribution in [2.75, 3.05) is 18.4 Å². The van der Waals surface area contributed by atoms with Gasteiger partial charge in [-0.1, -0.05) is 11.6 Å². The number of benzene rings is 1. The number of urea groups is 1. The van der Waals surface area contributed by atoms with E-state index in [4.69, 9.17) is 22.1 Å². The largest absolute Gasteiger partial charge is 0.452 e. The van der Waals surface area contributed by atoms with Gasteiger partial charge in [-0.2, -0.15) is 8.78 Å². The zero-order valence-electron chi connectivity index (χ0n) is 15.0. The average molecular weight is 420 g/mol. The Hall–Kier alpha value is -2.62. The second-order valence-electron chi connectivity index (χ2n) is 6.19. The first-order valence-electron chi connectivity index (χ1n) is 8.47. The molecular weight excluding hydrogens is 400 g/mol. The molecule has 1 aromatic carbocycles. The van der Waals surface area contributed by atoms with Crippen molar-refractivity contribution in [2.24, 2.45) is 11.7 Å². The summed E-state index contributed by atoms with van der Waals surface area (Å²) in [6.07, 6.45) is -0.285. The topological polar surface area (TPSA) is 111 Å². The first-order valence-corrected chi connectivity index (χ1v) is 8.85. The Morgan fingerprint density at radius 1 is 1.29 bits per heavy atom. The molecule has 0 aliphatic carbocycles. The van der Waals surface area contributed by atoms with Crippen LogP contribution in [0.25, 0.3) is 0 Å². The molecule has 0 radical (unpaired) electrons. The van der Waals surface area contributed by atoms with Crippen LogP contribution < -0.4 is 15.8 Å². The average Bonchev–Trinajstić information content (AvgIpc) is 2.63. The molecule has 1 atom stereocenters. The molecule has 0 saturated carbocycles. The molecule has 1 aromatic rings. The van der Waals surface area contributed by atoms with Gasteiger partial charge in [-0.3, -0.25) is 9.59 Å². The van der Waals surface area contributed by atoms with Crippen LogP contribution in [0.5, 0.6) is 5.75 Å². The van der Waals surface area contributed by atoms with E-state index in [9.17, 15) is 23.2 Å². The summed E-state index contributed by atoms with van der Waals surface area (Å²) in [4.78, 5) is 36.9. The van der Waals surface area contributed by atoms with Gasteiger partial charge in [-0.05, 0) is 38.0 Å². The molecule has 1 aliphatic rings. The van der Waals surface area contributed by atoms with Gasteiger partial charge in [0.25, 0.3) is 5.91 Å². The maximum absolute atomic E-state index is 12.2. The summed E-state index contributed by atoms with van der Waals surface area (Å²) < 4.78 is 33.9. The Morgan fingerprint density at radius 3 is 2.46 bits per heavy atom. The number of hydrogen-bond donors (Lipinski definition) is 2. The van der Waals surface area contributed by atoms with Gasteiger partial charge in [0.2, 0.25) is 0 Å². The number of piperidine rings is 1. The summed E-state index contributed by atoms with van der Waals surface area (Å²) in [5.41, 5.74) is 5.42. The van der Waals surface area contributed by atoms with Gasteiger partial charge in [0, 0.05) is 18.8 Å². The van der Waals surface area contributed by atoms with E-state index in [-0.39, 0.29) is 16.5 Å². The number of primary amides is 1. The SMILES string of the molecule is CC(OC(=O)C1CCN(C(N)=O)CC1)C(=O)Nc1ccc(OC(F)F)c(Cl)c1. The number of likely N-dealkylation sites (tertiary alicyclic amines) is 1. The summed E-state index contributed by atoms with van der Waals surface area (Å²) in [5, 5.41) is 2.37. The fourth-order valence-corrected chi connectivity index (χ4v) is 2.90. The molecule has 1 saturated heterocycles. The maximum Gasteiger partial charge on any atom is 0.387 e. The highest BCUT2D eigenvalue weighted by molar-refractivity contribution is 6.32. The van der Waals surface area contributed by atoms with E-state index in [1.54, 1.807) is 0 Å². The second-order valence-corrected chi connectivity index (χ2v) is 6.60. The Morgan fingerprint density at radius 2 is 1.93 bits per heavy atom. The third kappa shape index (κ3) is 5.95. The summed E-state index contributed by atoms with van der Waals surface area (Å²) in [5.74, 6) is -1.80. The predicted molar refractivity (Wildman–Crippen MR) is 96.1 cm³/mol. The van der Waals surface area contributed by atoms with Crippen LogP contribution in [0.15, 0.2) is 18.2 Å². The van der Waals surface area contributed by atoms with E-state index in [0.717, 1.165) is 0 Å². The van der Waals surface area contributed by atoms with Crippen LogP contribution in [0, 0.1) is 5.92 Å². The molecule has 0 aromatic heterocycles. The number of nitrogens with two attached hydrogens (primary N) is 1. The van der Waals surface area contributed by atoms with Gasteiger partial charge >= 0.3 is 18.6 Å². The number of ether oxygens (including phenoxy) is 2. The molecular formula is C17H20ClF2N3O5. The monoisotopic (exact) mass is 419 g/mol. The number of rotatable bonds is 6. The number of carbonyl (C=O) groups is 3. The Kier molecular flexibility index (Phi) is 7.38. The zero-order chi connectivity index (χ0) is 20.8. The molecule has 3 amide bonds. The first kappa shape index (κ1) is 21.7. The lowest BCUT2D eigenvalue weighted by Crippen LogP contribution is -2.44. The van der Waals surface area contributed by atoms with Crippen molar-refractivity contribution in [3.05, 3.63) is 23.2 Å². The van der Waals surface area contributed by atoms with E-state index in [2.05, 4.69) is 10.1 Å². The minimum absolute atomic E-state index is 0.107. The van der Waals surface area contributed by atoms with Gasteiger partial charge in [-0.25, -0.2) is 4.79 Å². The summed E-state index contributed by atoms with van der Waals surface area (Å²) in [6, 6.07) is 3.22. The zero-order valence-corrected chi connectivity index (χ0v) is 15.7. The van der Waals surface area contributed by atoms with Gasteiger partial charge < -0.3 is 25.4 Å². The summed E-state index contributed by atoms with van der Waals surface area (Å²) in [7, 11) is 0. The predicted octanol–water partition coefficient (Wildman–Crippen LogP) is 2.60. The number of alkyl halides is 2. The van der Waals surface area contributed by atoms with Crippen molar-refractivity contribution in [3.8, 4) is 5.75 Å². The van der Waals surface area contributed by atoms with Gasteiger partial charge in [0.1, 0.15) is 5.75 Å². The van der Waals surface area contributed by atoms with E-state index in [0.29, 0.717) is 25.9 Å². The number of amides is 3. The molecule has 0 spiro atoms. The van der Waals surface area contributed by atoms with Crippen LogP contribution in [0.3, 0.4) is 0 Å². The summed E-state index contributed by atoms with van der Waals surface area (Å²) in [6.45, 7) is -0.920. The molecule has 1 fully saturated rings. The minimum Gasteiger partial charge on any atom is -0.452 e. The van der Waals surface area contributed by atoms with E-state index in [1.807, 2.05) is 0 Å². The van der Waals surface area contributed by atoms with Crippen LogP contribution in [0.4, 0.5) is 19.3 Å². The van der Waals surface area contributed by atoms with Crippen molar-refractivity contribution < 1.29 is 32.6 Å². The van der Waals surface area contributed by atoms with Crippen LogP contribution in [-0.4, -0.2) is 48.6 Å².